The van der Waals surface area contributed by atoms with Crippen molar-refractivity contribution in [2.75, 3.05) is 36.0 Å². The number of aliphatic hydroxyl groups is 1. The summed E-state index contributed by atoms with van der Waals surface area (Å²) < 4.78 is 32.1. The summed E-state index contributed by atoms with van der Waals surface area (Å²) in [6, 6.07) is 15.9. The van der Waals surface area contributed by atoms with E-state index in [0.29, 0.717) is 21.8 Å². The van der Waals surface area contributed by atoms with E-state index in [2.05, 4.69) is 25.0 Å². The zero-order chi connectivity index (χ0) is 30.1. The van der Waals surface area contributed by atoms with Crippen molar-refractivity contribution in [3.8, 4) is 5.69 Å². The van der Waals surface area contributed by atoms with Crippen molar-refractivity contribution in [3.05, 3.63) is 117 Å². The zero-order valence-corrected chi connectivity index (χ0v) is 24.2. The monoisotopic (exact) mass is 626 g/mol. The maximum atomic E-state index is 14.8. The molecule has 1 aliphatic heterocycles. The van der Waals surface area contributed by atoms with Crippen LogP contribution in [-0.2, 0) is 18.7 Å². The Labute approximate surface area is 254 Å². The van der Waals surface area contributed by atoms with E-state index in [4.69, 9.17) is 23.2 Å². The molecule has 1 aliphatic rings. The standard InChI is InChI=1S/C29H26Cl2F2N8O2/c30-20-11-21(31)13-25(12-20)38-9-7-37(8-10-38)23-2-4-24(5-3-23)40-19-36-41(28(40)42)16-29(43,15-39-18-34-17-35-39)26-6-1-22(32)14-27(26)33/h1-6,11-14,17-19,43H,7-10,15-16H2. The fraction of sp³-hybridized carbons (Fsp3) is 0.241. The molecule has 0 aliphatic carbocycles. The van der Waals surface area contributed by atoms with Gasteiger partial charge in [-0.1, -0.05) is 29.3 Å². The third-order valence-corrected chi connectivity index (χ3v) is 7.89. The van der Waals surface area contributed by atoms with Gasteiger partial charge in [0.15, 0.2) is 0 Å². The van der Waals surface area contributed by atoms with Gasteiger partial charge in [-0.2, -0.15) is 10.2 Å². The molecule has 1 unspecified atom stereocenters. The summed E-state index contributed by atoms with van der Waals surface area (Å²) >= 11 is 12.3. The van der Waals surface area contributed by atoms with Gasteiger partial charge in [0, 0.05) is 59.2 Å². The summed E-state index contributed by atoms with van der Waals surface area (Å²) in [4.78, 5) is 21.7. The SMILES string of the molecule is O=c1n(-c2ccc(N3CCN(c4cc(Cl)cc(Cl)c4)CC3)cc2)cnn1CC(O)(Cn1cncn1)c1ccc(F)cc1F. The molecule has 5 aromatic rings. The minimum absolute atomic E-state index is 0.200. The Balaban J connectivity index is 1.18. The molecular weight excluding hydrogens is 601 g/mol. The van der Waals surface area contributed by atoms with Crippen LogP contribution in [0.2, 0.25) is 10.0 Å². The van der Waals surface area contributed by atoms with E-state index >= 15 is 0 Å². The molecule has 0 spiro atoms. The molecule has 10 nitrogen and oxygen atoms in total. The average molecular weight is 627 g/mol. The van der Waals surface area contributed by atoms with Gasteiger partial charge in [-0.3, -0.25) is 0 Å². The first-order valence-corrected chi connectivity index (χ1v) is 14.2. The highest BCUT2D eigenvalue weighted by molar-refractivity contribution is 6.35. The molecule has 0 amide bonds. The fourth-order valence-corrected chi connectivity index (χ4v) is 5.82. The lowest BCUT2D eigenvalue weighted by Gasteiger charge is -2.37. The molecule has 3 aromatic carbocycles. The van der Waals surface area contributed by atoms with Gasteiger partial charge in [-0.15, -0.1) is 0 Å². The van der Waals surface area contributed by atoms with Gasteiger partial charge >= 0.3 is 5.69 Å². The van der Waals surface area contributed by atoms with Crippen molar-refractivity contribution in [2.45, 2.75) is 18.7 Å². The maximum absolute atomic E-state index is 14.8. The lowest BCUT2D eigenvalue weighted by molar-refractivity contribution is -0.00948. The lowest BCUT2D eigenvalue weighted by Crippen LogP contribution is -2.46. The molecule has 43 heavy (non-hydrogen) atoms. The van der Waals surface area contributed by atoms with E-state index in [1.807, 2.05) is 36.4 Å². The number of aromatic nitrogens is 6. The summed E-state index contributed by atoms with van der Waals surface area (Å²) in [6.07, 6.45) is 3.95. The van der Waals surface area contributed by atoms with Gasteiger partial charge in [0.25, 0.3) is 0 Å². The molecule has 0 bridgehead atoms. The predicted molar refractivity (Wildman–Crippen MR) is 159 cm³/mol. The van der Waals surface area contributed by atoms with E-state index in [9.17, 15) is 18.7 Å². The number of hydrogen-bond acceptors (Lipinski definition) is 7. The smallest absolute Gasteiger partial charge is 0.350 e. The number of piperazine rings is 1. The first-order chi connectivity index (χ1) is 20.7. The van der Waals surface area contributed by atoms with Gasteiger partial charge in [0.05, 0.1) is 18.8 Å². The minimum atomic E-state index is -1.99. The number of hydrogen-bond donors (Lipinski definition) is 1. The van der Waals surface area contributed by atoms with Crippen LogP contribution in [0.4, 0.5) is 20.2 Å². The number of halogens is 4. The number of nitrogens with zero attached hydrogens (tertiary/aromatic N) is 8. The molecule has 1 fully saturated rings. The second-order valence-electron chi connectivity index (χ2n) is 10.3. The highest BCUT2D eigenvalue weighted by Crippen LogP contribution is 2.29. The van der Waals surface area contributed by atoms with Crippen LogP contribution in [0.1, 0.15) is 5.56 Å². The van der Waals surface area contributed by atoms with Crippen LogP contribution in [0.3, 0.4) is 0 Å². The second kappa shape index (κ2) is 11.8. The molecule has 0 radical (unpaired) electrons. The summed E-state index contributed by atoms with van der Waals surface area (Å²) in [7, 11) is 0. The first kappa shape index (κ1) is 28.8. The predicted octanol–water partition coefficient (Wildman–Crippen LogP) is 4.13. The zero-order valence-electron chi connectivity index (χ0n) is 22.7. The highest BCUT2D eigenvalue weighted by Gasteiger charge is 2.35. The van der Waals surface area contributed by atoms with Crippen LogP contribution in [0.5, 0.6) is 0 Å². The van der Waals surface area contributed by atoms with Crippen molar-refractivity contribution < 1.29 is 13.9 Å². The van der Waals surface area contributed by atoms with Gasteiger partial charge in [-0.25, -0.2) is 32.5 Å². The normalized spacial score (nSPS) is 15.1. The molecule has 1 N–H and O–H groups in total. The van der Waals surface area contributed by atoms with Crippen molar-refractivity contribution in [2.24, 2.45) is 0 Å². The Morgan fingerprint density at radius 1 is 0.791 bits per heavy atom. The second-order valence-corrected chi connectivity index (χ2v) is 11.2. The molecule has 222 valence electrons. The Bertz CT molecular complexity index is 1770. The largest absolute Gasteiger partial charge is 0.381 e. The summed E-state index contributed by atoms with van der Waals surface area (Å²) in [6.45, 7) is 2.48. The minimum Gasteiger partial charge on any atom is -0.381 e. The molecule has 1 saturated heterocycles. The van der Waals surface area contributed by atoms with E-state index < -0.39 is 29.5 Å². The van der Waals surface area contributed by atoms with E-state index in [1.165, 1.54) is 28.2 Å². The maximum Gasteiger partial charge on any atom is 0.350 e. The van der Waals surface area contributed by atoms with Crippen molar-refractivity contribution in [1.29, 1.82) is 0 Å². The van der Waals surface area contributed by atoms with Gasteiger partial charge in [-0.05, 0) is 48.5 Å². The van der Waals surface area contributed by atoms with Crippen LogP contribution in [0, 0.1) is 11.6 Å². The quantitative estimate of drug-likeness (QED) is 0.277. The number of anilines is 2. The van der Waals surface area contributed by atoms with E-state index in [-0.39, 0.29) is 12.1 Å². The third-order valence-electron chi connectivity index (χ3n) is 7.45. The van der Waals surface area contributed by atoms with Gasteiger partial charge in [0.1, 0.15) is 36.2 Å². The van der Waals surface area contributed by atoms with E-state index in [0.717, 1.165) is 54.4 Å². The molecule has 1 atom stereocenters. The van der Waals surface area contributed by atoms with Crippen molar-refractivity contribution >= 4 is 34.6 Å². The molecule has 0 saturated carbocycles. The lowest BCUT2D eigenvalue weighted by atomic mass is 9.93. The van der Waals surface area contributed by atoms with Crippen LogP contribution >= 0.6 is 23.2 Å². The topological polar surface area (TPSA) is 97.2 Å². The number of benzene rings is 3. The summed E-state index contributed by atoms with van der Waals surface area (Å²) in [5, 5.41) is 21.0. The Morgan fingerprint density at radius 3 is 2.07 bits per heavy atom. The van der Waals surface area contributed by atoms with Gasteiger partial charge in [0.2, 0.25) is 0 Å². The molecule has 2 aromatic heterocycles. The van der Waals surface area contributed by atoms with Crippen LogP contribution in [0.25, 0.3) is 5.69 Å². The van der Waals surface area contributed by atoms with Crippen LogP contribution in [0.15, 0.2) is 84.4 Å². The Kier molecular flexibility index (Phi) is 7.91. The third kappa shape index (κ3) is 6.12. The highest BCUT2D eigenvalue weighted by atomic mass is 35.5. The van der Waals surface area contributed by atoms with Crippen molar-refractivity contribution in [3.63, 3.8) is 0 Å². The number of rotatable bonds is 8. The van der Waals surface area contributed by atoms with Crippen LogP contribution < -0.4 is 15.5 Å². The molecule has 6 rings (SSSR count). The average Bonchev–Trinajstić information content (AvgIpc) is 3.62. The van der Waals surface area contributed by atoms with Crippen LogP contribution in [-0.4, -0.2) is 60.4 Å². The molecule has 14 heteroatoms. The van der Waals surface area contributed by atoms with Gasteiger partial charge < -0.3 is 14.9 Å². The van der Waals surface area contributed by atoms with Crippen molar-refractivity contribution in [1.82, 2.24) is 29.1 Å². The first-order valence-electron chi connectivity index (χ1n) is 13.4. The molecular formula is C29H26Cl2F2N8O2. The summed E-state index contributed by atoms with van der Waals surface area (Å²) in [5.74, 6) is -1.75. The summed E-state index contributed by atoms with van der Waals surface area (Å²) in [5.41, 5.74) is -0.173. The molecule has 3 heterocycles. The Morgan fingerprint density at radius 2 is 1.44 bits per heavy atom. The fourth-order valence-electron chi connectivity index (χ4n) is 5.31. The Hall–Kier alpha value is -4.26. The van der Waals surface area contributed by atoms with E-state index in [1.54, 1.807) is 6.07 Å².